The maximum Gasteiger partial charge on any atom is -0.0162 e. The molecule has 0 spiro atoms. The van der Waals surface area contributed by atoms with E-state index >= 15 is 0 Å². The number of aryl methyl sites for hydroxylation is 1. The Bertz CT molecular complexity index is 574. The minimum Gasteiger partial charge on any atom is -0.0654 e. The van der Waals surface area contributed by atoms with Crippen molar-refractivity contribution in [2.45, 2.75) is 58.3 Å². The smallest absolute Gasteiger partial charge is 0.0162 e. The molecule has 0 bridgehead atoms. The summed E-state index contributed by atoms with van der Waals surface area (Å²) in [6.45, 7) is 4.49. The van der Waals surface area contributed by atoms with E-state index in [-0.39, 0.29) is 0 Å². The lowest BCUT2D eigenvalue weighted by atomic mass is 9.77. The summed E-state index contributed by atoms with van der Waals surface area (Å²) in [5.41, 5.74) is 2.92. The van der Waals surface area contributed by atoms with Gasteiger partial charge in [0.15, 0.2) is 0 Å². The fourth-order valence-electron chi connectivity index (χ4n) is 3.83. The molecule has 0 unspecified atom stereocenters. The predicted molar refractivity (Wildman–Crippen MR) is 88.3 cm³/mol. The van der Waals surface area contributed by atoms with Gasteiger partial charge in [-0.2, -0.15) is 0 Å². The van der Waals surface area contributed by atoms with Crippen LogP contribution < -0.4 is 0 Å². The quantitative estimate of drug-likeness (QED) is 0.618. The normalized spacial score (nSPS) is 23.1. The second-order valence-electron chi connectivity index (χ2n) is 6.62. The van der Waals surface area contributed by atoms with Crippen molar-refractivity contribution in [3.05, 3.63) is 47.5 Å². The van der Waals surface area contributed by atoms with Crippen molar-refractivity contribution in [1.29, 1.82) is 0 Å². The molecule has 2 aromatic carbocycles. The van der Waals surface area contributed by atoms with Gasteiger partial charge in [-0.05, 0) is 60.8 Å². The third-order valence-electron chi connectivity index (χ3n) is 5.03. The van der Waals surface area contributed by atoms with E-state index in [4.69, 9.17) is 0 Å². The number of fused-ring (bicyclic) bond motifs is 1. The van der Waals surface area contributed by atoms with Crippen LogP contribution in [0.2, 0.25) is 0 Å². The van der Waals surface area contributed by atoms with Crippen LogP contribution >= 0.6 is 0 Å². The Morgan fingerprint density at radius 3 is 2.35 bits per heavy atom. The molecule has 2 aromatic rings. The van der Waals surface area contributed by atoms with Crippen LogP contribution in [0.1, 0.15) is 62.5 Å². The van der Waals surface area contributed by atoms with E-state index in [9.17, 15) is 0 Å². The highest BCUT2D eigenvalue weighted by atomic mass is 14.3. The first kappa shape index (κ1) is 13.7. The maximum absolute atomic E-state index is 2.43. The second-order valence-corrected chi connectivity index (χ2v) is 6.62. The van der Waals surface area contributed by atoms with Crippen LogP contribution in [-0.4, -0.2) is 0 Å². The predicted octanol–water partition coefficient (Wildman–Crippen LogP) is 6.22. The Balaban J connectivity index is 1.76. The van der Waals surface area contributed by atoms with Crippen LogP contribution in [-0.2, 0) is 0 Å². The van der Waals surface area contributed by atoms with Gasteiger partial charge in [-0.25, -0.2) is 0 Å². The molecule has 0 nitrogen and oxygen atoms in total. The minimum absolute atomic E-state index is 0.800. The molecule has 3 rings (SSSR count). The number of hydrogen-bond donors (Lipinski definition) is 0. The van der Waals surface area contributed by atoms with Crippen LogP contribution in [0, 0.1) is 12.8 Å². The van der Waals surface area contributed by atoms with E-state index in [1.807, 2.05) is 0 Å². The molecule has 0 aromatic heterocycles. The Morgan fingerprint density at radius 1 is 0.900 bits per heavy atom. The van der Waals surface area contributed by atoms with Gasteiger partial charge in [0.25, 0.3) is 0 Å². The molecule has 0 amide bonds. The molecule has 1 fully saturated rings. The standard InChI is InChI=1S/C20H26/c1-3-4-16-6-9-17(10-7-16)19-12-11-18-13-15(2)5-8-20(18)14-19/h5,8,11-14,16-17H,3-4,6-7,9-10H2,1-2H3/t16-,17-. The van der Waals surface area contributed by atoms with Gasteiger partial charge in [0.1, 0.15) is 0 Å². The van der Waals surface area contributed by atoms with E-state index in [1.54, 1.807) is 5.56 Å². The van der Waals surface area contributed by atoms with Gasteiger partial charge in [-0.15, -0.1) is 0 Å². The Morgan fingerprint density at radius 2 is 1.60 bits per heavy atom. The summed E-state index contributed by atoms with van der Waals surface area (Å²) in [5.74, 6) is 1.80. The van der Waals surface area contributed by atoms with Gasteiger partial charge >= 0.3 is 0 Å². The number of hydrogen-bond acceptors (Lipinski definition) is 0. The zero-order valence-electron chi connectivity index (χ0n) is 12.9. The lowest BCUT2D eigenvalue weighted by Crippen LogP contribution is -2.13. The van der Waals surface area contributed by atoms with E-state index in [0.29, 0.717) is 0 Å². The van der Waals surface area contributed by atoms with E-state index in [1.165, 1.54) is 54.9 Å². The molecule has 1 aliphatic rings. The minimum atomic E-state index is 0.800. The largest absolute Gasteiger partial charge is 0.0654 e. The first-order chi connectivity index (χ1) is 9.76. The summed E-state index contributed by atoms with van der Waals surface area (Å²) < 4.78 is 0. The molecule has 0 saturated heterocycles. The summed E-state index contributed by atoms with van der Waals surface area (Å²) in [4.78, 5) is 0. The summed E-state index contributed by atoms with van der Waals surface area (Å²) in [7, 11) is 0. The third kappa shape index (κ3) is 2.90. The lowest BCUT2D eigenvalue weighted by Gasteiger charge is -2.28. The van der Waals surface area contributed by atoms with Crippen LogP contribution in [0.3, 0.4) is 0 Å². The van der Waals surface area contributed by atoms with E-state index in [0.717, 1.165) is 11.8 Å². The highest BCUT2D eigenvalue weighted by Gasteiger charge is 2.21. The Kier molecular flexibility index (Phi) is 4.10. The average molecular weight is 266 g/mol. The molecule has 20 heavy (non-hydrogen) atoms. The van der Waals surface area contributed by atoms with Crippen molar-refractivity contribution in [2.24, 2.45) is 5.92 Å². The summed E-state index contributed by atoms with van der Waals surface area (Å²) in [6.07, 6.45) is 8.44. The van der Waals surface area contributed by atoms with Crippen molar-refractivity contribution in [2.75, 3.05) is 0 Å². The van der Waals surface area contributed by atoms with Crippen LogP contribution in [0.4, 0.5) is 0 Å². The molecular formula is C20H26. The lowest BCUT2D eigenvalue weighted by molar-refractivity contribution is 0.308. The fourth-order valence-corrected chi connectivity index (χ4v) is 3.83. The second kappa shape index (κ2) is 5.99. The molecule has 0 heterocycles. The molecule has 0 radical (unpaired) electrons. The van der Waals surface area contributed by atoms with Gasteiger partial charge in [0.2, 0.25) is 0 Å². The number of rotatable bonds is 3. The van der Waals surface area contributed by atoms with Gasteiger partial charge in [-0.3, -0.25) is 0 Å². The third-order valence-corrected chi connectivity index (χ3v) is 5.03. The van der Waals surface area contributed by atoms with Crippen LogP contribution in [0.15, 0.2) is 36.4 Å². The monoisotopic (exact) mass is 266 g/mol. The van der Waals surface area contributed by atoms with Crippen molar-refractivity contribution in [1.82, 2.24) is 0 Å². The molecule has 106 valence electrons. The van der Waals surface area contributed by atoms with Crippen LogP contribution in [0.5, 0.6) is 0 Å². The van der Waals surface area contributed by atoms with Gasteiger partial charge in [0.05, 0.1) is 0 Å². The SMILES string of the molecule is CCC[C@H]1CC[C@H](c2ccc3cc(C)ccc3c2)CC1. The highest BCUT2D eigenvalue weighted by Crippen LogP contribution is 2.38. The van der Waals surface area contributed by atoms with Gasteiger partial charge < -0.3 is 0 Å². The zero-order valence-corrected chi connectivity index (χ0v) is 12.9. The number of benzene rings is 2. The first-order valence-electron chi connectivity index (χ1n) is 8.26. The first-order valence-corrected chi connectivity index (χ1v) is 8.26. The van der Waals surface area contributed by atoms with Crippen LogP contribution in [0.25, 0.3) is 10.8 Å². The molecule has 0 N–H and O–H groups in total. The molecule has 0 atom stereocenters. The van der Waals surface area contributed by atoms with Crippen molar-refractivity contribution in [3.63, 3.8) is 0 Å². The van der Waals surface area contributed by atoms with Crippen molar-refractivity contribution >= 4 is 10.8 Å². The molecule has 1 saturated carbocycles. The summed E-state index contributed by atoms with van der Waals surface area (Å²) >= 11 is 0. The molecule has 0 heteroatoms. The maximum atomic E-state index is 2.43. The van der Waals surface area contributed by atoms with E-state index < -0.39 is 0 Å². The average Bonchev–Trinajstić information content (AvgIpc) is 2.48. The Labute approximate surface area is 123 Å². The topological polar surface area (TPSA) is 0 Å². The van der Waals surface area contributed by atoms with E-state index in [2.05, 4.69) is 50.2 Å². The molecule has 1 aliphatic carbocycles. The molecule has 0 aliphatic heterocycles. The fraction of sp³-hybridized carbons (Fsp3) is 0.500. The van der Waals surface area contributed by atoms with Crippen molar-refractivity contribution < 1.29 is 0 Å². The van der Waals surface area contributed by atoms with Gasteiger partial charge in [-0.1, -0.05) is 61.7 Å². The summed E-state index contributed by atoms with van der Waals surface area (Å²) in [5, 5.41) is 2.79. The zero-order chi connectivity index (χ0) is 13.9. The Hall–Kier alpha value is -1.30. The molecular weight excluding hydrogens is 240 g/mol. The van der Waals surface area contributed by atoms with Gasteiger partial charge in [0, 0.05) is 0 Å². The highest BCUT2D eigenvalue weighted by molar-refractivity contribution is 5.83. The van der Waals surface area contributed by atoms with Crippen molar-refractivity contribution in [3.8, 4) is 0 Å². The summed E-state index contributed by atoms with van der Waals surface area (Å²) in [6, 6.07) is 13.9.